The molecule has 1 aromatic heterocycles. The summed E-state index contributed by atoms with van der Waals surface area (Å²) in [6.45, 7) is 0.360. The first-order valence-electron chi connectivity index (χ1n) is 9.40. The van der Waals surface area contributed by atoms with Crippen molar-refractivity contribution >= 4 is 28.0 Å². The van der Waals surface area contributed by atoms with Crippen LogP contribution in [0.4, 0.5) is 13.2 Å². The van der Waals surface area contributed by atoms with Crippen molar-refractivity contribution in [1.82, 2.24) is 4.90 Å². The topological polar surface area (TPSA) is 57.6 Å². The Labute approximate surface area is 174 Å². The number of benzene rings is 2. The van der Waals surface area contributed by atoms with Gasteiger partial charge < -0.3 is 10.0 Å². The van der Waals surface area contributed by atoms with Crippen LogP contribution in [0.5, 0.6) is 0 Å². The second-order valence-electron chi connectivity index (χ2n) is 7.39. The Morgan fingerprint density at radius 3 is 2.43 bits per heavy atom. The Morgan fingerprint density at radius 2 is 1.73 bits per heavy atom. The second kappa shape index (κ2) is 7.52. The van der Waals surface area contributed by atoms with Crippen LogP contribution in [-0.4, -0.2) is 29.0 Å². The lowest BCUT2D eigenvalue weighted by Gasteiger charge is -2.38. The standard InChI is InChI=1S/C22H18F3NO3S/c23-22(24,25)16-6-3-5-15(13-16)21(29)8-10-26(11-9-21)19(27)18-12-14-4-1-2-7-17(14)20(28)30-18/h1-7,12-13,29H,8-11H2. The molecule has 4 nitrogen and oxygen atoms in total. The Kier molecular flexibility index (Phi) is 5.15. The molecule has 3 aromatic rings. The highest BCUT2D eigenvalue weighted by atomic mass is 32.1. The SMILES string of the molecule is O=C(c1cc2ccccc2c(=O)s1)N1CCC(O)(c2cccc(C(F)(F)F)c2)CC1. The monoisotopic (exact) mass is 433 g/mol. The zero-order valence-corrected chi connectivity index (χ0v) is 16.6. The van der Waals surface area contributed by atoms with Gasteiger partial charge in [-0.1, -0.05) is 41.7 Å². The molecule has 2 heterocycles. The minimum Gasteiger partial charge on any atom is -0.385 e. The molecule has 0 unspecified atom stereocenters. The largest absolute Gasteiger partial charge is 0.416 e. The van der Waals surface area contributed by atoms with E-state index in [9.17, 15) is 27.9 Å². The molecular weight excluding hydrogens is 415 g/mol. The highest BCUT2D eigenvalue weighted by Gasteiger charge is 2.38. The molecule has 0 radical (unpaired) electrons. The van der Waals surface area contributed by atoms with Gasteiger partial charge in [0.1, 0.15) is 0 Å². The Hall–Kier alpha value is -2.71. The van der Waals surface area contributed by atoms with Crippen molar-refractivity contribution < 1.29 is 23.1 Å². The van der Waals surface area contributed by atoms with Gasteiger partial charge in [0.15, 0.2) is 0 Å². The fraction of sp³-hybridized carbons (Fsp3) is 0.273. The molecule has 0 aliphatic carbocycles. The Balaban J connectivity index is 1.53. The summed E-state index contributed by atoms with van der Waals surface area (Å²) < 4.78 is 38.8. The van der Waals surface area contributed by atoms with E-state index in [1.165, 1.54) is 17.0 Å². The number of likely N-dealkylation sites (tertiary alicyclic amines) is 1. The van der Waals surface area contributed by atoms with E-state index in [1.807, 2.05) is 0 Å². The summed E-state index contributed by atoms with van der Waals surface area (Å²) in [5.41, 5.74) is -2.05. The van der Waals surface area contributed by atoms with E-state index in [0.717, 1.165) is 23.5 Å². The predicted molar refractivity (Wildman–Crippen MR) is 109 cm³/mol. The zero-order chi connectivity index (χ0) is 21.5. The maximum absolute atomic E-state index is 13.0. The van der Waals surface area contributed by atoms with Crippen LogP contribution >= 0.6 is 11.3 Å². The van der Waals surface area contributed by atoms with Crippen LogP contribution in [0.15, 0.2) is 59.4 Å². The Bertz CT molecular complexity index is 1160. The maximum atomic E-state index is 13.0. The summed E-state index contributed by atoms with van der Waals surface area (Å²) in [5.74, 6) is -0.311. The average Bonchev–Trinajstić information content (AvgIpc) is 2.73. The van der Waals surface area contributed by atoms with Gasteiger partial charge >= 0.3 is 6.18 Å². The number of nitrogens with zero attached hydrogens (tertiary/aromatic N) is 1. The van der Waals surface area contributed by atoms with Crippen molar-refractivity contribution in [3.8, 4) is 0 Å². The van der Waals surface area contributed by atoms with Crippen LogP contribution < -0.4 is 4.74 Å². The third-order valence-corrected chi connectivity index (χ3v) is 6.40. The van der Waals surface area contributed by atoms with Crippen molar-refractivity contribution in [2.75, 3.05) is 13.1 Å². The predicted octanol–water partition coefficient (Wildman–Crippen LogP) is 4.40. The van der Waals surface area contributed by atoms with E-state index in [-0.39, 0.29) is 42.1 Å². The number of hydrogen-bond donors (Lipinski definition) is 1. The number of amides is 1. The fourth-order valence-corrected chi connectivity index (χ4v) is 4.65. The molecule has 4 rings (SSSR count). The van der Waals surface area contributed by atoms with E-state index >= 15 is 0 Å². The molecule has 2 aromatic carbocycles. The fourth-order valence-electron chi connectivity index (χ4n) is 3.75. The number of aliphatic hydroxyl groups is 1. The smallest absolute Gasteiger partial charge is 0.385 e. The molecule has 1 aliphatic rings. The van der Waals surface area contributed by atoms with Crippen LogP contribution in [0, 0.1) is 0 Å². The van der Waals surface area contributed by atoms with Gasteiger partial charge in [-0.2, -0.15) is 13.2 Å². The molecule has 1 aliphatic heterocycles. The van der Waals surface area contributed by atoms with E-state index in [0.29, 0.717) is 15.6 Å². The summed E-state index contributed by atoms with van der Waals surface area (Å²) >= 11 is 0.875. The van der Waals surface area contributed by atoms with Gasteiger partial charge in [-0.05, 0) is 48.1 Å². The van der Waals surface area contributed by atoms with Gasteiger partial charge in [0, 0.05) is 18.5 Å². The molecular formula is C22H18F3NO3S. The van der Waals surface area contributed by atoms with Crippen molar-refractivity contribution in [2.45, 2.75) is 24.6 Å². The molecule has 1 amide bonds. The molecule has 1 fully saturated rings. The van der Waals surface area contributed by atoms with Crippen molar-refractivity contribution in [1.29, 1.82) is 0 Å². The Morgan fingerprint density at radius 1 is 1.03 bits per heavy atom. The molecule has 8 heteroatoms. The van der Waals surface area contributed by atoms with Gasteiger partial charge in [0.05, 0.1) is 16.0 Å². The third kappa shape index (κ3) is 3.85. The van der Waals surface area contributed by atoms with Gasteiger partial charge in [-0.15, -0.1) is 0 Å². The van der Waals surface area contributed by atoms with E-state index in [1.54, 1.807) is 30.3 Å². The number of fused-ring (bicyclic) bond motifs is 1. The summed E-state index contributed by atoms with van der Waals surface area (Å²) in [5, 5.41) is 12.2. The summed E-state index contributed by atoms with van der Waals surface area (Å²) in [7, 11) is 0. The molecule has 156 valence electrons. The molecule has 1 saturated heterocycles. The maximum Gasteiger partial charge on any atom is 0.416 e. The second-order valence-corrected chi connectivity index (χ2v) is 8.40. The summed E-state index contributed by atoms with van der Waals surface area (Å²) in [6.07, 6.45) is -4.26. The molecule has 0 bridgehead atoms. The van der Waals surface area contributed by atoms with E-state index in [2.05, 4.69) is 0 Å². The molecule has 30 heavy (non-hydrogen) atoms. The van der Waals surface area contributed by atoms with Crippen LogP contribution in [0.3, 0.4) is 0 Å². The normalized spacial score (nSPS) is 16.6. The molecule has 0 atom stereocenters. The lowest BCUT2D eigenvalue weighted by molar-refractivity contribution is -0.137. The molecule has 0 saturated carbocycles. The van der Waals surface area contributed by atoms with Crippen LogP contribution in [0.25, 0.3) is 10.8 Å². The van der Waals surface area contributed by atoms with Gasteiger partial charge in [0.25, 0.3) is 5.91 Å². The lowest BCUT2D eigenvalue weighted by atomic mass is 9.83. The highest BCUT2D eigenvalue weighted by molar-refractivity contribution is 7.12. The highest BCUT2D eigenvalue weighted by Crippen LogP contribution is 2.37. The third-order valence-electron chi connectivity index (χ3n) is 5.49. The zero-order valence-electron chi connectivity index (χ0n) is 15.8. The quantitative estimate of drug-likeness (QED) is 0.652. The van der Waals surface area contributed by atoms with Crippen molar-refractivity contribution in [2.24, 2.45) is 0 Å². The lowest BCUT2D eigenvalue weighted by Crippen LogP contribution is -2.45. The number of carbonyl (C=O) groups excluding carboxylic acids is 1. The summed E-state index contributed by atoms with van der Waals surface area (Å²) in [4.78, 5) is 27.0. The van der Waals surface area contributed by atoms with Crippen molar-refractivity contribution in [3.63, 3.8) is 0 Å². The first-order chi connectivity index (χ1) is 14.2. The summed E-state index contributed by atoms with van der Waals surface area (Å²) in [6, 6.07) is 13.4. The van der Waals surface area contributed by atoms with Crippen molar-refractivity contribution in [3.05, 3.63) is 80.1 Å². The van der Waals surface area contributed by atoms with E-state index in [4.69, 9.17) is 0 Å². The molecule has 0 spiro atoms. The number of alkyl halides is 3. The number of hydrogen-bond acceptors (Lipinski definition) is 4. The number of halogens is 3. The first kappa shape index (κ1) is 20.6. The van der Waals surface area contributed by atoms with Gasteiger partial charge in [-0.3, -0.25) is 9.59 Å². The van der Waals surface area contributed by atoms with Crippen LogP contribution in [0.2, 0.25) is 0 Å². The number of piperidine rings is 1. The van der Waals surface area contributed by atoms with Gasteiger partial charge in [-0.25, -0.2) is 0 Å². The van der Waals surface area contributed by atoms with E-state index < -0.39 is 17.3 Å². The average molecular weight is 433 g/mol. The molecule has 1 N–H and O–H groups in total. The number of rotatable bonds is 2. The minimum atomic E-state index is -4.49. The van der Waals surface area contributed by atoms with Crippen LogP contribution in [-0.2, 0) is 11.8 Å². The minimum absolute atomic E-state index is 0.114. The first-order valence-corrected chi connectivity index (χ1v) is 10.2. The van der Waals surface area contributed by atoms with Crippen LogP contribution in [0.1, 0.15) is 33.6 Å². The number of carbonyl (C=O) groups is 1. The van der Waals surface area contributed by atoms with Gasteiger partial charge in [0.2, 0.25) is 4.74 Å².